The van der Waals surface area contributed by atoms with Gasteiger partial charge in [0.25, 0.3) is 11.8 Å². The lowest BCUT2D eigenvalue weighted by Crippen LogP contribution is -2.32. The maximum atomic E-state index is 13.6. The maximum Gasteiger partial charge on any atom is 0.416 e. The molecule has 6 rings (SSSR count). The van der Waals surface area contributed by atoms with E-state index >= 15 is 0 Å². The Labute approximate surface area is 275 Å². The number of nitrogens with one attached hydrogen (secondary N) is 2. The van der Waals surface area contributed by atoms with Crippen LogP contribution in [0.3, 0.4) is 0 Å². The predicted molar refractivity (Wildman–Crippen MR) is 178 cm³/mol. The number of para-hydroxylation sites is 1. The van der Waals surface area contributed by atoms with Gasteiger partial charge in [0.2, 0.25) is 0 Å². The number of anilines is 2. The number of nitrogens with zero attached hydrogens (tertiary/aromatic N) is 2. The summed E-state index contributed by atoms with van der Waals surface area (Å²) in [5, 5.41) is 6.01. The van der Waals surface area contributed by atoms with Crippen molar-refractivity contribution in [3.05, 3.63) is 125 Å². The van der Waals surface area contributed by atoms with Crippen molar-refractivity contribution in [3.8, 4) is 11.5 Å². The molecular weight excluding hydrogens is 621 g/mol. The molecule has 1 aliphatic heterocycles. The fraction of sp³-hybridized carbons (Fsp3) is 0.216. The minimum Gasteiger partial charge on any atom is -0.493 e. The van der Waals surface area contributed by atoms with Crippen molar-refractivity contribution in [1.29, 1.82) is 0 Å². The summed E-state index contributed by atoms with van der Waals surface area (Å²) in [5.74, 6) is 0.0322. The summed E-state index contributed by atoms with van der Waals surface area (Å²) in [4.78, 5) is 33.1. The zero-order chi connectivity index (χ0) is 33.8. The Bertz CT molecular complexity index is 1980. The summed E-state index contributed by atoms with van der Waals surface area (Å²) in [5.41, 5.74) is 3.15. The average molecular weight is 655 g/mol. The van der Waals surface area contributed by atoms with Crippen molar-refractivity contribution in [1.82, 2.24) is 9.88 Å². The molecule has 11 heteroatoms. The molecule has 4 aromatic carbocycles. The number of pyridine rings is 1. The molecule has 0 atom stereocenters. The van der Waals surface area contributed by atoms with E-state index in [1.54, 1.807) is 44.6 Å². The molecule has 0 bridgehead atoms. The van der Waals surface area contributed by atoms with Crippen LogP contribution in [0.25, 0.3) is 10.9 Å². The smallest absolute Gasteiger partial charge is 0.416 e. The molecule has 2 N–H and O–H groups in total. The van der Waals surface area contributed by atoms with E-state index in [2.05, 4.69) is 20.5 Å². The third-order valence-corrected chi connectivity index (χ3v) is 8.40. The number of ether oxygens (including phenoxy) is 2. The maximum absolute atomic E-state index is 13.6. The first-order valence-corrected chi connectivity index (χ1v) is 15.4. The molecule has 0 spiro atoms. The van der Waals surface area contributed by atoms with Gasteiger partial charge < -0.3 is 20.1 Å². The highest BCUT2D eigenvalue weighted by Gasteiger charge is 2.32. The van der Waals surface area contributed by atoms with E-state index in [0.29, 0.717) is 17.0 Å². The molecule has 246 valence electrons. The third-order valence-electron chi connectivity index (χ3n) is 8.40. The second-order valence-electron chi connectivity index (χ2n) is 11.5. The molecule has 5 aromatic rings. The van der Waals surface area contributed by atoms with E-state index in [4.69, 9.17) is 9.47 Å². The van der Waals surface area contributed by atoms with Crippen LogP contribution < -0.4 is 20.1 Å². The van der Waals surface area contributed by atoms with E-state index in [-0.39, 0.29) is 16.9 Å². The first-order valence-electron chi connectivity index (χ1n) is 15.4. The monoisotopic (exact) mass is 654 g/mol. The third kappa shape index (κ3) is 7.26. The van der Waals surface area contributed by atoms with Crippen molar-refractivity contribution in [2.75, 3.05) is 37.9 Å². The fourth-order valence-electron chi connectivity index (χ4n) is 5.77. The first-order chi connectivity index (χ1) is 23.1. The minimum atomic E-state index is -4.68. The summed E-state index contributed by atoms with van der Waals surface area (Å²) in [6.07, 6.45) is -2.98. The summed E-state index contributed by atoms with van der Waals surface area (Å²) in [6.45, 7) is 2.55. The standard InChI is InChI=1S/C37H33F3N4O4/c1-47-33-19-25-16-18-44(22-26(25)20-34(33)48-2)17-15-23-7-11-28(12-8-23)41-35(45)29-13-10-27(37(38,39)40)21-32(29)43-36(46)31-14-9-24-5-3-4-6-30(24)42-31/h3-14,19-21H,15-18,22H2,1-2H3,(H,41,45)(H,43,46). The van der Waals surface area contributed by atoms with Crippen LogP contribution in [0, 0.1) is 0 Å². The van der Waals surface area contributed by atoms with Gasteiger partial charge in [-0.3, -0.25) is 14.5 Å². The summed E-state index contributed by atoms with van der Waals surface area (Å²) in [6, 6.07) is 24.3. The molecule has 0 saturated heterocycles. The number of halogens is 3. The molecule has 2 amide bonds. The van der Waals surface area contributed by atoms with E-state index in [9.17, 15) is 22.8 Å². The first kappa shape index (κ1) is 32.5. The Morgan fingerprint density at radius 3 is 2.29 bits per heavy atom. The van der Waals surface area contributed by atoms with E-state index in [1.165, 1.54) is 17.2 Å². The lowest BCUT2D eigenvalue weighted by molar-refractivity contribution is -0.137. The van der Waals surface area contributed by atoms with Crippen LogP contribution in [0.4, 0.5) is 24.5 Å². The highest BCUT2D eigenvalue weighted by atomic mass is 19.4. The van der Waals surface area contributed by atoms with Gasteiger partial charge in [-0.05, 0) is 84.1 Å². The second kappa shape index (κ2) is 13.7. The number of aromatic nitrogens is 1. The average Bonchev–Trinajstić information content (AvgIpc) is 3.09. The molecule has 0 unspecified atom stereocenters. The fourth-order valence-corrected chi connectivity index (χ4v) is 5.77. The number of alkyl halides is 3. The molecule has 1 aromatic heterocycles. The van der Waals surface area contributed by atoms with Gasteiger partial charge in [-0.2, -0.15) is 13.2 Å². The van der Waals surface area contributed by atoms with Crippen LogP contribution in [0.5, 0.6) is 11.5 Å². The van der Waals surface area contributed by atoms with Gasteiger partial charge in [0.1, 0.15) is 5.69 Å². The Balaban J connectivity index is 1.12. The Morgan fingerprint density at radius 1 is 0.833 bits per heavy atom. The molecule has 0 saturated carbocycles. The largest absolute Gasteiger partial charge is 0.493 e. The van der Waals surface area contributed by atoms with Crippen molar-refractivity contribution in [3.63, 3.8) is 0 Å². The van der Waals surface area contributed by atoms with Gasteiger partial charge in [-0.1, -0.05) is 36.4 Å². The van der Waals surface area contributed by atoms with E-state index in [0.717, 1.165) is 67.4 Å². The molecule has 48 heavy (non-hydrogen) atoms. The number of rotatable bonds is 9. The lowest BCUT2D eigenvalue weighted by Gasteiger charge is -2.29. The van der Waals surface area contributed by atoms with Crippen molar-refractivity contribution < 1.29 is 32.2 Å². The number of methoxy groups -OCH3 is 2. The van der Waals surface area contributed by atoms with Crippen molar-refractivity contribution in [2.24, 2.45) is 0 Å². The van der Waals surface area contributed by atoms with Gasteiger partial charge in [0.15, 0.2) is 11.5 Å². The van der Waals surface area contributed by atoms with Crippen molar-refractivity contribution >= 4 is 34.1 Å². The second-order valence-corrected chi connectivity index (χ2v) is 11.5. The van der Waals surface area contributed by atoms with Gasteiger partial charge >= 0.3 is 6.18 Å². The molecule has 0 aliphatic carbocycles. The zero-order valence-corrected chi connectivity index (χ0v) is 26.4. The molecule has 0 radical (unpaired) electrons. The van der Waals surface area contributed by atoms with Crippen LogP contribution in [0.2, 0.25) is 0 Å². The van der Waals surface area contributed by atoms with Crippen LogP contribution in [-0.2, 0) is 25.6 Å². The van der Waals surface area contributed by atoms with E-state index in [1.807, 2.05) is 36.4 Å². The number of benzene rings is 4. The summed E-state index contributed by atoms with van der Waals surface area (Å²) < 4.78 is 51.7. The van der Waals surface area contributed by atoms with Crippen molar-refractivity contribution in [2.45, 2.75) is 25.6 Å². The number of hydrogen-bond donors (Lipinski definition) is 2. The van der Waals surface area contributed by atoms with Gasteiger partial charge in [-0.15, -0.1) is 0 Å². The number of carbonyl (C=O) groups is 2. The Morgan fingerprint density at radius 2 is 1.56 bits per heavy atom. The quantitative estimate of drug-likeness (QED) is 0.172. The topological polar surface area (TPSA) is 92.8 Å². The minimum absolute atomic E-state index is 0.00165. The van der Waals surface area contributed by atoms with Crippen LogP contribution in [0.1, 0.15) is 43.1 Å². The molecule has 0 fully saturated rings. The molecular formula is C37H33F3N4O4. The lowest BCUT2D eigenvalue weighted by atomic mass is 9.98. The van der Waals surface area contributed by atoms with Gasteiger partial charge in [-0.25, -0.2) is 4.98 Å². The summed E-state index contributed by atoms with van der Waals surface area (Å²) in [7, 11) is 3.26. The summed E-state index contributed by atoms with van der Waals surface area (Å²) >= 11 is 0. The number of amides is 2. The molecule has 1 aliphatic rings. The van der Waals surface area contributed by atoms with Crippen LogP contribution in [0.15, 0.2) is 91.0 Å². The van der Waals surface area contributed by atoms with E-state index < -0.39 is 23.6 Å². The Hall–Kier alpha value is -5.42. The highest BCUT2D eigenvalue weighted by Crippen LogP contribution is 2.34. The molecule has 2 heterocycles. The SMILES string of the molecule is COc1cc2c(cc1OC)CN(CCc1ccc(NC(=O)c3ccc(C(F)(F)F)cc3NC(=O)c3ccc4ccccc4n3)cc1)CC2. The normalized spacial score (nSPS) is 13.1. The number of fused-ring (bicyclic) bond motifs is 2. The van der Waals surface area contributed by atoms with Crippen LogP contribution >= 0.6 is 0 Å². The van der Waals surface area contributed by atoms with Gasteiger partial charge in [0, 0.05) is 30.7 Å². The number of carbonyl (C=O) groups excluding carboxylic acids is 2. The van der Waals surface area contributed by atoms with Gasteiger partial charge in [0.05, 0.1) is 36.6 Å². The highest BCUT2D eigenvalue weighted by molar-refractivity contribution is 6.12. The zero-order valence-electron chi connectivity index (χ0n) is 26.4. The predicted octanol–water partition coefficient (Wildman–Crippen LogP) is 7.38. The Kier molecular flexibility index (Phi) is 9.31. The number of hydrogen-bond acceptors (Lipinski definition) is 6. The molecule has 8 nitrogen and oxygen atoms in total. The van der Waals surface area contributed by atoms with Crippen LogP contribution in [-0.4, -0.2) is 49.0 Å².